The first-order valence-corrected chi connectivity index (χ1v) is 2.64. The van der Waals surface area contributed by atoms with Crippen molar-refractivity contribution in [2.45, 2.75) is 13.0 Å². The van der Waals surface area contributed by atoms with Crippen molar-refractivity contribution < 1.29 is 9.53 Å². The summed E-state index contributed by atoms with van der Waals surface area (Å²) in [5.41, 5.74) is 0. The van der Waals surface area contributed by atoms with E-state index in [2.05, 4.69) is 22.3 Å². The minimum atomic E-state index is -0.330. The van der Waals surface area contributed by atoms with E-state index in [9.17, 15) is 4.79 Å². The Morgan fingerprint density at radius 2 is 2.38 bits per heavy atom. The maximum atomic E-state index is 10.4. The van der Waals surface area contributed by atoms with Gasteiger partial charge in [0.1, 0.15) is 6.04 Å². The first-order valence-electron chi connectivity index (χ1n) is 2.19. The fourth-order valence-electron chi connectivity index (χ4n) is 0.229. The van der Waals surface area contributed by atoms with Gasteiger partial charge in [0.25, 0.3) is 0 Å². The van der Waals surface area contributed by atoms with Crippen molar-refractivity contribution in [3.63, 3.8) is 0 Å². The third-order valence-corrected chi connectivity index (χ3v) is 1.14. The van der Waals surface area contributed by atoms with Gasteiger partial charge in [-0.1, -0.05) is 12.8 Å². The van der Waals surface area contributed by atoms with Crippen LogP contribution in [0.25, 0.3) is 0 Å². The van der Waals surface area contributed by atoms with E-state index in [0.29, 0.717) is 0 Å². The van der Waals surface area contributed by atoms with Crippen LogP contribution in [0.2, 0.25) is 0 Å². The van der Waals surface area contributed by atoms with E-state index in [0.717, 1.165) is 0 Å². The molecule has 0 spiro atoms. The molecule has 0 aliphatic heterocycles. The summed E-state index contributed by atoms with van der Waals surface area (Å²) in [5.74, 6) is -0.306. The highest BCUT2D eigenvalue weighted by molar-refractivity contribution is 7.78. The molecule has 0 unspecified atom stereocenters. The predicted octanol–water partition coefficient (Wildman–Crippen LogP) is -0.0177. The van der Waals surface area contributed by atoms with Crippen molar-refractivity contribution in [2.75, 3.05) is 7.11 Å². The highest BCUT2D eigenvalue weighted by Crippen LogP contribution is 1.84. The molecule has 0 saturated carbocycles. The molecule has 0 aliphatic rings. The van der Waals surface area contributed by atoms with Crippen LogP contribution in [0, 0.1) is 0 Å². The van der Waals surface area contributed by atoms with Gasteiger partial charge in [-0.3, -0.25) is 9.52 Å². The Morgan fingerprint density at radius 1 is 1.88 bits per heavy atom. The molecule has 0 aromatic heterocycles. The fourth-order valence-corrected chi connectivity index (χ4v) is 0.335. The van der Waals surface area contributed by atoms with E-state index in [4.69, 9.17) is 0 Å². The van der Waals surface area contributed by atoms with Crippen molar-refractivity contribution in [3.05, 3.63) is 0 Å². The Balaban J connectivity index is 3.46. The molecule has 0 fully saturated rings. The van der Waals surface area contributed by atoms with Gasteiger partial charge in [-0.15, -0.1) is 0 Å². The minimum Gasteiger partial charge on any atom is -0.468 e. The molecule has 0 rings (SSSR count). The molecule has 0 bridgehead atoms. The summed E-state index contributed by atoms with van der Waals surface area (Å²) < 4.78 is 6.79. The second-order valence-corrected chi connectivity index (χ2v) is 1.63. The summed E-state index contributed by atoms with van der Waals surface area (Å²) in [5, 5.41) is 0. The molecule has 0 radical (unpaired) electrons. The number of esters is 1. The Hall–Kier alpha value is -0.220. The largest absolute Gasteiger partial charge is 0.468 e. The zero-order valence-corrected chi connectivity index (χ0v) is 5.74. The van der Waals surface area contributed by atoms with Gasteiger partial charge in [0.2, 0.25) is 0 Å². The average molecular weight is 135 g/mol. The quantitative estimate of drug-likeness (QED) is 0.413. The maximum absolute atomic E-state index is 10.4. The van der Waals surface area contributed by atoms with Crippen LogP contribution in [0.1, 0.15) is 6.92 Å². The van der Waals surface area contributed by atoms with Gasteiger partial charge in [-0.2, -0.15) is 0 Å². The third-order valence-electron chi connectivity index (χ3n) is 0.748. The van der Waals surface area contributed by atoms with E-state index in [1.807, 2.05) is 0 Å². The summed E-state index contributed by atoms with van der Waals surface area (Å²) in [4.78, 5) is 10.4. The first kappa shape index (κ1) is 7.78. The summed E-state index contributed by atoms with van der Waals surface area (Å²) in [7, 11) is 1.34. The van der Waals surface area contributed by atoms with Gasteiger partial charge in [0.15, 0.2) is 0 Å². The highest BCUT2D eigenvalue weighted by atomic mass is 32.1. The molecule has 0 amide bonds. The topological polar surface area (TPSA) is 38.3 Å². The lowest BCUT2D eigenvalue weighted by Gasteiger charge is -2.03. The Bertz CT molecular complexity index is 86.1. The van der Waals surface area contributed by atoms with Crippen LogP contribution in [0.5, 0.6) is 0 Å². The lowest BCUT2D eigenvalue weighted by Crippen LogP contribution is -2.28. The van der Waals surface area contributed by atoms with Gasteiger partial charge in [-0.05, 0) is 6.92 Å². The van der Waals surface area contributed by atoms with Crippen molar-refractivity contribution in [1.29, 1.82) is 0 Å². The van der Waals surface area contributed by atoms with E-state index < -0.39 is 0 Å². The maximum Gasteiger partial charge on any atom is 0.323 e. The summed E-state index contributed by atoms with van der Waals surface area (Å²) in [6.07, 6.45) is 0. The smallest absolute Gasteiger partial charge is 0.323 e. The van der Waals surface area contributed by atoms with Crippen molar-refractivity contribution >= 4 is 18.8 Å². The van der Waals surface area contributed by atoms with E-state index >= 15 is 0 Å². The van der Waals surface area contributed by atoms with Crippen LogP contribution in [0.4, 0.5) is 0 Å². The zero-order valence-electron chi connectivity index (χ0n) is 4.84. The minimum absolute atomic E-state index is 0.306. The van der Waals surface area contributed by atoms with Crippen LogP contribution in [0.3, 0.4) is 0 Å². The normalized spacial score (nSPS) is 12.9. The average Bonchev–Trinajstić information content (AvgIpc) is 1.84. The first-order chi connectivity index (χ1) is 3.72. The number of carbonyl (C=O) groups excluding carboxylic acids is 1. The molecule has 48 valence electrons. The van der Waals surface area contributed by atoms with E-state index in [-0.39, 0.29) is 12.0 Å². The number of ether oxygens (including phenoxy) is 1. The van der Waals surface area contributed by atoms with Crippen LogP contribution >= 0.6 is 12.8 Å². The van der Waals surface area contributed by atoms with Crippen molar-refractivity contribution in [3.8, 4) is 0 Å². The molecule has 1 N–H and O–H groups in total. The summed E-state index contributed by atoms with van der Waals surface area (Å²) >= 11 is 3.66. The molecule has 0 saturated heterocycles. The van der Waals surface area contributed by atoms with Crippen LogP contribution < -0.4 is 4.72 Å². The molecule has 1 atom stereocenters. The molecule has 0 aliphatic carbocycles. The van der Waals surface area contributed by atoms with Crippen LogP contribution in [-0.4, -0.2) is 19.1 Å². The molecule has 0 heterocycles. The highest BCUT2D eigenvalue weighted by Gasteiger charge is 2.08. The van der Waals surface area contributed by atoms with Crippen LogP contribution in [0.15, 0.2) is 0 Å². The number of hydrogen-bond acceptors (Lipinski definition) is 4. The number of methoxy groups -OCH3 is 1. The second-order valence-electron chi connectivity index (χ2n) is 1.37. The molecule has 8 heavy (non-hydrogen) atoms. The standard InChI is InChI=1S/C4H9NO2S/c1-3(5-8)4(6)7-2/h3,5,8H,1-2H3/t3-/m1/s1. The predicted molar refractivity (Wildman–Crippen MR) is 33.6 cm³/mol. The van der Waals surface area contributed by atoms with Gasteiger partial charge >= 0.3 is 5.97 Å². The molecule has 4 heteroatoms. The number of thiol groups is 1. The fraction of sp³-hybridized carbons (Fsp3) is 0.750. The molecule has 0 aromatic rings. The van der Waals surface area contributed by atoms with Gasteiger partial charge in [0, 0.05) is 0 Å². The summed E-state index contributed by atoms with van der Waals surface area (Å²) in [6, 6.07) is -0.330. The third kappa shape index (κ3) is 2.18. The molecule has 0 aromatic carbocycles. The molecule has 3 nitrogen and oxygen atoms in total. The monoisotopic (exact) mass is 135 g/mol. The molecular formula is C4H9NO2S. The Morgan fingerprint density at radius 3 is 2.50 bits per heavy atom. The van der Waals surface area contributed by atoms with Gasteiger partial charge < -0.3 is 4.74 Å². The van der Waals surface area contributed by atoms with Gasteiger partial charge in [-0.25, -0.2) is 0 Å². The van der Waals surface area contributed by atoms with Crippen molar-refractivity contribution in [1.82, 2.24) is 4.72 Å². The van der Waals surface area contributed by atoms with Crippen LogP contribution in [-0.2, 0) is 9.53 Å². The number of nitrogens with one attached hydrogen (secondary N) is 1. The lowest BCUT2D eigenvalue weighted by molar-refractivity contribution is -0.142. The summed E-state index contributed by atoms with van der Waals surface area (Å²) in [6.45, 7) is 1.67. The molecular weight excluding hydrogens is 126 g/mol. The lowest BCUT2D eigenvalue weighted by atomic mass is 10.4. The van der Waals surface area contributed by atoms with E-state index in [1.165, 1.54) is 7.11 Å². The zero-order chi connectivity index (χ0) is 6.57. The van der Waals surface area contributed by atoms with E-state index in [1.54, 1.807) is 6.92 Å². The second kappa shape index (κ2) is 3.74. The Labute approximate surface area is 53.9 Å². The van der Waals surface area contributed by atoms with Gasteiger partial charge in [0.05, 0.1) is 7.11 Å². The number of carbonyl (C=O) groups is 1. The van der Waals surface area contributed by atoms with Crippen molar-refractivity contribution in [2.24, 2.45) is 0 Å². The number of hydrogen-bond donors (Lipinski definition) is 2. The SMILES string of the molecule is COC(=O)[C@@H](C)NS. The Kier molecular flexibility index (Phi) is 3.64. The number of rotatable bonds is 2.